The van der Waals surface area contributed by atoms with E-state index in [0.717, 1.165) is 40.1 Å². The molecule has 0 saturated carbocycles. The molecule has 3 aromatic carbocycles. The Balaban J connectivity index is 1.78. The summed E-state index contributed by atoms with van der Waals surface area (Å²) < 4.78 is 79.5. The first-order chi connectivity index (χ1) is 18.5. The summed E-state index contributed by atoms with van der Waals surface area (Å²) in [5.74, 6) is -0.230. The predicted octanol–water partition coefficient (Wildman–Crippen LogP) is 6.57. The predicted molar refractivity (Wildman–Crippen MR) is 143 cm³/mol. The number of esters is 1. The first-order valence-corrected chi connectivity index (χ1v) is 13.8. The maximum Gasteiger partial charge on any atom is 0.416 e. The molecule has 0 saturated heterocycles. The van der Waals surface area contributed by atoms with Gasteiger partial charge in [-0.1, -0.05) is 55.5 Å². The third-order valence-electron chi connectivity index (χ3n) is 6.43. The average molecular weight is 560 g/mol. The van der Waals surface area contributed by atoms with Gasteiger partial charge in [-0.25, -0.2) is 8.42 Å². The van der Waals surface area contributed by atoms with Crippen LogP contribution >= 0.6 is 0 Å². The zero-order chi connectivity index (χ0) is 28.2. The smallest absolute Gasteiger partial charge is 0.416 e. The molecule has 1 atom stereocenters. The quantitative estimate of drug-likeness (QED) is 0.231. The fourth-order valence-electron chi connectivity index (χ4n) is 4.38. The molecule has 39 heavy (non-hydrogen) atoms. The maximum absolute atomic E-state index is 13.8. The molecule has 4 rings (SSSR count). The zero-order valence-corrected chi connectivity index (χ0v) is 22.3. The largest absolute Gasteiger partial charge is 0.486 e. The fourth-order valence-corrected chi connectivity index (χ4v) is 5.93. The number of methoxy groups -OCH3 is 1. The van der Waals surface area contributed by atoms with Gasteiger partial charge in [0.15, 0.2) is 0 Å². The highest BCUT2D eigenvalue weighted by molar-refractivity contribution is 7.92. The highest BCUT2D eigenvalue weighted by Gasteiger charge is 2.37. The molecule has 0 fully saturated rings. The number of anilines is 1. The van der Waals surface area contributed by atoms with Crippen LogP contribution in [-0.4, -0.2) is 34.1 Å². The summed E-state index contributed by atoms with van der Waals surface area (Å²) in [5, 5.41) is 0. The normalized spacial score (nSPS) is 15.9. The van der Waals surface area contributed by atoms with Gasteiger partial charge in [-0.15, -0.1) is 0 Å². The van der Waals surface area contributed by atoms with Crippen LogP contribution in [0.15, 0.2) is 77.7 Å². The van der Waals surface area contributed by atoms with Gasteiger partial charge in [-0.05, 0) is 59.9 Å². The number of carbonyl (C=O) groups is 1. The van der Waals surface area contributed by atoms with E-state index in [9.17, 15) is 26.4 Å². The molecular weight excluding hydrogens is 531 g/mol. The molecule has 0 spiro atoms. The van der Waals surface area contributed by atoms with Gasteiger partial charge >= 0.3 is 12.1 Å². The second-order valence-electron chi connectivity index (χ2n) is 9.03. The van der Waals surface area contributed by atoms with Crippen LogP contribution in [0.3, 0.4) is 0 Å². The molecule has 0 amide bonds. The molecule has 206 valence electrons. The number of sulfonamides is 1. The number of halogens is 3. The van der Waals surface area contributed by atoms with Crippen LogP contribution in [0.1, 0.15) is 42.9 Å². The molecule has 3 aromatic rings. The molecule has 0 aliphatic carbocycles. The van der Waals surface area contributed by atoms with Gasteiger partial charge in [0.05, 0.1) is 29.8 Å². The highest BCUT2D eigenvalue weighted by Crippen LogP contribution is 2.40. The Morgan fingerprint density at radius 3 is 2.49 bits per heavy atom. The van der Waals surface area contributed by atoms with Crippen molar-refractivity contribution in [2.75, 3.05) is 18.0 Å². The Morgan fingerprint density at radius 2 is 1.82 bits per heavy atom. The summed E-state index contributed by atoms with van der Waals surface area (Å²) in [6.45, 7) is 1.83. The van der Waals surface area contributed by atoms with Crippen molar-refractivity contribution < 1.29 is 35.9 Å². The van der Waals surface area contributed by atoms with Crippen molar-refractivity contribution >= 4 is 33.3 Å². The number of allylic oxidation sites excluding steroid dienone is 1. The zero-order valence-electron chi connectivity index (χ0n) is 21.4. The van der Waals surface area contributed by atoms with Crippen LogP contribution in [-0.2, 0) is 25.7 Å². The molecule has 1 aliphatic heterocycles. The van der Waals surface area contributed by atoms with E-state index in [1.807, 2.05) is 43.3 Å². The molecule has 6 nitrogen and oxygen atoms in total. The van der Waals surface area contributed by atoms with Crippen LogP contribution in [0.4, 0.5) is 18.9 Å². The lowest BCUT2D eigenvalue weighted by Crippen LogP contribution is -2.43. The summed E-state index contributed by atoms with van der Waals surface area (Å²) in [4.78, 5) is 11.2. The van der Waals surface area contributed by atoms with E-state index in [4.69, 9.17) is 4.74 Å². The highest BCUT2D eigenvalue weighted by atomic mass is 32.2. The number of ether oxygens (including phenoxy) is 2. The van der Waals surface area contributed by atoms with Crippen LogP contribution in [0.25, 0.3) is 11.6 Å². The third kappa shape index (κ3) is 6.44. The summed E-state index contributed by atoms with van der Waals surface area (Å²) in [7, 11) is -3.17. The number of hydrogen-bond acceptors (Lipinski definition) is 5. The van der Waals surface area contributed by atoms with Gasteiger partial charge in [0.25, 0.3) is 10.0 Å². The minimum atomic E-state index is -4.70. The van der Waals surface area contributed by atoms with Crippen molar-refractivity contribution in [3.8, 4) is 5.75 Å². The molecule has 0 N–H and O–H groups in total. The second-order valence-corrected chi connectivity index (χ2v) is 10.9. The molecule has 0 unspecified atom stereocenters. The first kappa shape index (κ1) is 28.2. The van der Waals surface area contributed by atoms with E-state index in [2.05, 4.69) is 4.74 Å². The molecule has 1 aliphatic rings. The van der Waals surface area contributed by atoms with Crippen molar-refractivity contribution in [3.05, 3.63) is 89.5 Å². The van der Waals surface area contributed by atoms with E-state index < -0.39 is 38.7 Å². The van der Waals surface area contributed by atoms with Gasteiger partial charge in [0.2, 0.25) is 0 Å². The van der Waals surface area contributed by atoms with Gasteiger partial charge in [-0.3, -0.25) is 9.10 Å². The Hall–Kier alpha value is -3.79. The lowest BCUT2D eigenvalue weighted by molar-refractivity contribution is -0.141. The number of alkyl halides is 3. The number of benzene rings is 3. The van der Waals surface area contributed by atoms with E-state index in [1.54, 1.807) is 18.2 Å². The fraction of sp³-hybridized carbons (Fsp3) is 0.276. The summed E-state index contributed by atoms with van der Waals surface area (Å²) >= 11 is 0. The Morgan fingerprint density at radius 1 is 1.08 bits per heavy atom. The number of rotatable bonds is 8. The van der Waals surface area contributed by atoms with Crippen molar-refractivity contribution in [1.82, 2.24) is 0 Å². The Kier molecular flexibility index (Phi) is 8.34. The first-order valence-electron chi connectivity index (χ1n) is 12.4. The third-order valence-corrected chi connectivity index (χ3v) is 8.20. The van der Waals surface area contributed by atoms with Gasteiger partial charge in [0, 0.05) is 6.42 Å². The molecule has 0 aromatic heterocycles. The number of fused-ring (bicyclic) bond motifs is 1. The molecule has 1 heterocycles. The maximum atomic E-state index is 13.8. The standard InChI is InChI=1S/C29H28F3NO5S/c1-3-21(22-8-5-4-6-9-22)16-20-12-14-27-26(17-20)33(19-24(38-27)13-15-28(34)37-2)39(35,36)25-11-7-10-23(18-25)29(30,31)32/h4-12,14,16-18,24H,3,13,15,19H2,1-2H3/b21-16+/t24-/m0/s1. The van der Waals surface area contributed by atoms with E-state index in [-0.39, 0.29) is 30.8 Å². The average Bonchev–Trinajstić information content (AvgIpc) is 2.94. The number of hydrogen-bond donors (Lipinski definition) is 0. The summed E-state index contributed by atoms with van der Waals surface area (Å²) in [5.41, 5.74) is 1.89. The van der Waals surface area contributed by atoms with E-state index in [0.29, 0.717) is 11.6 Å². The Labute approximate surface area is 225 Å². The SMILES string of the molecule is CC/C(=C\c1ccc2c(c1)N(S(=O)(=O)c1cccc(C(F)(F)F)c1)C[C@H](CCC(=O)OC)O2)c1ccccc1. The van der Waals surface area contributed by atoms with Crippen molar-refractivity contribution in [2.24, 2.45) is 0 Å². The van der Waals surface area contributed by atoms with Gasteiger partial charge in [-0.2, -0.15) is 13.2 Å². The number of nitrogens with zero attached hydrogens (tertiary/aromatic N) is 1. The Bertz CT molecular complexity index is 1470. The van der Waals surface area contributed by atoms with Crippen molar-refractivity contribution in [3.63, 3.8) is 0 Å². The molecular formula is C29H28F3NO5S. The van der Waals surface area contributed by atoms with Gasteiger partial charge in [0.1, 0.15) is 11.9 Å². The van der Waals surface area contributed by atoms with E-state index >= 15 is 0 Å². The molecule has 0 bridgehead atoms. The minimum Gasteiger partial charge on any atom is -0.486 e. The lowest BCUT2D eigenvalue weighted by atomic mass is 10.00. The lowest BCUT2D eigenvalue weighted by Gasteiger charge is -2.35. The monoisotopic (exact) mass is 559 g/mol. The summed E-state index contributed by atoms with van der Waals surface area (Å²) in [6, 6.07) is 18.5. The topological polar surface area (TPSA) is 72.9 Å². The van der Waals surface area contributed by atoms with Crippen LogP contribution < -0.4 is 9.04 Å². The summed E-state index contributed by atoms with van der Waals surface area (Å²) in [6.07, 6.45) is -2.60. The second kappa shape index (κ2) is 11.5. The van der Waals surface area contributed by atoms with Crippen molar-refractivity contribution in [2.45, 2.75) is 43.4 Å². The minimum absolute atomic E-state index is 0.00823. The van der Waals surface area contributed by atoms with Crippen LogP contribution in [0.5, 0.6) is 5.75 Å². The van der Waals surface area contributed by atoms with Gasteiger partial charge < -0.3 is 9.47 Å². The van der Waals surface area contributed by atoms with Crippen LogP contribution in [0.2, 0.25) is 0 Å². The molecule has 10 heteroatoms. The van der Waals surface area contributed by atoms with E-state index in [1.165, 1.54) is 7.11 Å². The van der Waals surface area contributed by atoms with Crippen LogP contribution in [0, 0.1) is 0 Å². The number of carbonyl (C=O) groups excluding carboxylic acids is 1. The van der Waals surface area contributed by atoms with Crippen molar-refractivity contribution in [1.29, 1.82) is 0 Å². The molecule has 0 radical (unpaired) electrons.